The standard InChI is InChI=1S/C25H28N4O7/c1-2-35-25-19(11-21(32)36-25)27-20(31)13-29-12-15(14-30)7-8-18(24(29)34)28-23(33)22-17-6-4-3-5-16(17)9-10-26-22/h3-7,9-10,18-19,25,30H,2,8,11-14H2,1H3,(H,27,31)(H,28,33). The van der Waals surface area contributed by atoms with Crippen LogP contribution in [0.2, 0.25) is 0 Å². The van der Waals surface area contributed by atoms with Crippen LogP contribution in [0.4, 0.5) is 0 Å². The lowest BCUT2D eigenvalue weighted by molar-refractivity contribution is -0.164. The number of fused-ring (bicyclic) bond motifs is 1. The van der Waals surface area contributed by atoms with E-state index in [-0.39, 0.29) is 38.2 Å². The van der Waals surface area contributed by atoms with Gasteiger partial charge in [-0.15, -0.1) is 0 Å². The van der Waals surface area contributed by atoms with E-state index in [1.165, 1.54) is 11.1 Å². The molecule has 0 radical (unpaired) electrons. The molecule has 11 heteroatoms. The Morgan fingerprint density at radius 1 is 1.22 bits per heavy atom. The molecule has 2 aliphatic rings. The third-order valence-electron chi connectivity index (χ3n) is 6.02. The molecule has 190 valence electrons. The van der Waals surface area contributed by atoms with Crippen LogP contribution in [-0.4, -0.2) is 83.4 Å². The predicted molar refractivity (Wildman–Crippen MR) is 127 cm³/mol. The number of rotatable bonds is 8. The van der Waals surface area contributed by atoms with Crippen LogP contribution < -0.4 is 10.6 Å². The Labute approximate surface area is 207 Å². The van der Waals surface area contributed by atoms with Gasteiger partial charge in [-0.3, -0.25) is 24.2 Å². The highest BCUT2D eigenvalue weighted by molar-refractivity contribution is 6.06. The van der Waals surface area contributed by atoms with Gasteiger partial charge < -0.3 is 30.1 Å². The number of carbonyl (C=O) groups excluding carboxylic acids is 4. The number of hydrogen-bond donors (Lipinski definition) is 3. The van der Waals surface area contributed by atoms with Crippen molar-refractivity contribution in [2.45, 2.75) is 38.1 Å². The van der Waals surface area contributed by atoms with Crippen molar-refractivity contribution in [2.24, 2.45) is 0 Å². The molecule has 1 saturated heterocycles. The molecule has 0 spiro atoms. The Hall–Kier alpha value is -3.83. The first-order chi connectivity index (χ1) is 17.4. The molecule has 3 heterocycles. The molecule has 3 unspecified atom stereocenters. The smallest absolute Gasteiger partial charge is 0.310 e. The van der Waals surface area contributed by atoms with Gasteiger partial charge in [0, 0.05) is 24.7 Å². The lowest BCUT2D eigenvalue weighted by Crippen LogP contribution is -2.52. The van der Waals surface area contributed by atoms with Crippen molar-refractivity contribution >= 4 is 34.5 Å². The van der Waals surface area contributed by atoms with Crippen molar-refractivity contribution < 1.29 is 33.8 Å². The van der Waals surface area contributed by atoms with Gasteiger partial charge in [0.05, 0.1) is 19.6 Å². The second-order valence-corrected chi connectivity index (χ2v) is 8.55. The van der Waals surface area contributed by atoms with Gasteiger partial charge in [-0.05, 0) is 30.4 Å². The highest BCUT2D eigenvalue weighted by Gasteiger charge is 2.37. The minimum absolute atomic E-state index is 0.0244. The summed E-state index contributed by atoms with van der Waals surface area (Å²) in [6.07, 6.45) is 2.44. The van der Waals surface area contributed by atoms with Crippen LogP contribution in [-0.2, 0) is 23.9 Å². The molecule has 0 bridgehead atoms. The maximum atomic E-state index is 13.3. The quantitative estimate of drug-likeness (QED) is 0.349. The van der Waals surface area contributed by atoms with E-state index in [4.69, 9.17) is 9.47 Å². The first-order valence-corrected chi connectivity index (χ1v) is 11.7. The number of benzene rings is 1. The average molecular weight is 497 g/mol. The monoisotopic (exact) mass is 496 g/mol. The zero-order valence-corrected chi connectivity index (χ0v) is 19.8. The van der Waals surface area contributed by atoms with Crippen LogP contribution in [0.25, 0.3) is 10.8 Å². The van der Waals surface area contributed by atoms with Crippen LogP contribution in [0.5, 0.6) is 0 Å². The lowest BCUT2D eigenvalue weighted by atomic mass is 10.1. The highest BCUT2D eigenvalue weighted by Crippen LogP contribution is 2.19. The van der Waals surface area contributed by atoms with Crippen LogP contribution >= 0.6 is 0 Å². The number of amides is 3. The van der Waals surface area contributed by atoms with E-state index in [0.29, 0.717) is 17.6 Å². The van der Waals surface area contributed by atoms with Crippen molar-refractivity contribution in [2.75, 3.05) is 26.3 Å². The van der Waals surface area contributed by atoms with Gasteiger partial charge in [-0.1, -0.05) is 30.3 Å². The first kappa shape index (κ1) is 25.3. The van der Waals surface area contributed by atoms with E-state index in [9.17, 15) is 24.3 Å². The van der Waals surface area contributed by atoms with Crippen molar-refractivity contribution in [1.29, 1.82) is 0 Å². The molecule has 0 saturated carbocycles. The number of hydrogen-bond acceptors (Lipinski definition) is 8. The van der Waals surface area contributed by atoms with E-state index >= 15 is 0 Å². The fraction of sp³-hybridized carbons (Fsp3) is 0.400. The number of aliphatic hydroxyl groups is 1. The Morgan fingerprint density at radius 2 is 2.03 bits per heavy atom. The van der Waals surface area contributed by atoms with Gasteiger partial charge in [0.15, 0.2) is 0 Å². The maximum absolute atomic E-state index is 13.3. The summed E-state index contributed by atoms with van der Waals surface area (Å²) in [5.74, 6) is -1.99. The number of cyclic esters (lactones) is 1. The molecule has 0 aliphatic carbocycles. The molecule has 2 aliphatic heterocycles. The normalized spacial score (nSPS) is 22.1. The summed E-state index contributed by atoms with van der Waals surface area (Å²) in [7, 11) is 0. The van der Waals surface area contributed by atoms with Crippen molar-refractivity contribution in [3.05, 3.63) is 53.9 Å². The molecule has 3 N–H and O–H groups in total. The van der Waals surface area contributed by atoms with E-state index in [1.807, 2.05) is 12.1 Å². The fourth-order valence-electron chi connectivity index (χ4n) is 4.28. The Balaban J connectivity index is 1.47. The summed E-state index contributed by atoms with van der Waals surface area (Å²) in [4.78, 5) is 56.3. The molecular weight excluding hydrogens is 468 g/mol. The minimum Gasteiger partial charge on any atom is -0.433 e. The van der Waals surface area contributed by atoms with Gasteiger partial charge in [0.2, 0.25) is 18.1 Å². The molecule has 1 aromatic heterocycles. The largest absolute Gasteiger partial charge is 0.433 e. The number of aliphatic hydroxyl groups excluding tert-OH is 1. The number of pyridine rings is 1. The Bertz CT molecular complexity index is 1190. The molecule has 2 aromatic rings. The number of carbonyl (C=O) groups is 4. The Morgan fingerprint density at radius 3 is 2.81 bits per heavy atom. The number of aromatic nitrogens is 1. The van der Waals surface area contributed by atoms with Gasteiger partial charge in [-0.2, -0.15) is 0 Å². The third-order valence-corrected chi connectivity index (χ3v) is 6.02. The van der Waals surface area contributed by atoms with Crippen LogP contribution in [0.1, 0.15) is 30.3 Å². The summed E-state index contributed by atoms with van der Waals surface area (Å²) in [6, 6.07) is 7.45. The fourth-order valence-corrected chi connectivity index (χ4v) is 4.28. The third kappa shape index (κ3) is 5.69. The molecule has 1 fully saturated rings. The van der Waals surface area contributed by atoms with Crippen molar-refractivity contribution in [3.63, 3.8) is 0 Å². The predicted octanol–water partition coefficient (Wildman–Crippen LogP) is 0.279. The summed E-state index contributed by atoms with van der Waals surface area (Å²) in [5.41, 5.74) is 0.733. The van der Waals surface area contributed by atoms with Gasteiger partial charge in [0.1, 0.15) is 17.8 Å². The molecule has 4 rings (SSSR count). The molecule has 3 atom stereocenters. The number of esters is 1. The zero-order chi connectivity index (χ0) is 25.7. The van der Waals surface area contributed by atoms with E-state index in [0.717, 1.165) is 5.39 Å². The summed E-state index contributed by atoms with van der Waals surface area (Å²) in [6.45, 7) is 1.43. The van der Waals surface area contributed by atoms with Crippen LogP contribution in [0.15, 0.2) is 48.2 Å². The molecular formula is C25H28N4O7. The second kappa shape index (κ2) is 11.3. The van der Waals surface area contributed by atoms with Crippen molar-refractivity contribution in [3.8, 4) is 0 Å². The first-order valence-electron chi connectivity index (χ1n) is 11.7. The lowest BCUT2D eigenvalue weighted by Gasteiger charge is -2.26. The summed E-state index contributed by atoms with van der Waals surface area (Å²) < 4.78 is 10.4. The van der Waals surface area contributed by atoms with E-state index in [2.05, 4.69) is 15.6 Å². The summed E-state index contributed by atoms with van der Waals surface area (Å²) in [5, 5.41) is 16.6. The highest BCUT2D eigenvalue weighted by atomic mass is 16.7. The van der Waals surface area contributed by atoms with Gasteiger partial charge >= 0.3 is 5.97 Å². The molecule has 36 heavy (non-hydrogen) atoms. The van der Waals surface area contributed by atoms with Crippen LogP contribution in [0.3, 0.4) is 0 Å². The summed E-state index contributed by atoms with van der Waals surface area (Å²) >= 11 is 0. The number of nitrogens with zero attached hydrogens (tertiary/aromatic N) is 2. The van der Waals surface area contributed by atoms with Crippen molar-refractivity contribution in [1.82, 2.24) is 20.5 Å². The Kier molecular flexibility index (Phi) is 7.91. The van der Waals surface area contributed by atoms with Gasteiger partial charge in [-0.25, -0.2) is 0 Å². The molecule has 3 amide bonds. The molecule has 1 aromatic carbocycles. The van der Waals surface area contributed by atoms with Crippen LogP contribution in [0, 0.1) is 0 Å². The second-order valence-electron chi connectivity index (χ2n) is 8.55. The van der Waals surface area contributed by atoms with E-state index < -0.39 is 42.1 Å². The zero-order valence-electron chi connectivity index (χ0n) is 19.8. The van der Waals surface area contributed by atoms with E-state index in [1.54, 1.807) is 31.2 Å². The van der Waals surface area contributed by atoms with Gasteiger partial charge in [0.25, 0.3) is 5.91 Å². The average Bonchev–Trinajstić information content (AvgIpc) is 3.14. The minimum atomic E-state index is -0.956. The number of nitrogens with one attached hydrogen (secondary N) is 2. The topological polar surface area (TPSA) is 147 Å². The number of ether oxygens (including phenoxy) is 2. The SMILES string of the molecule is CCOC1OC(=O)CC1NC(=O)CN1CC(CO)=CCC(NC(=O)c2nccc3ccccc23)C1=O. The maximum Gasteiger partial charge on any atom is 0.310 e. The molecule has 11 nitrogen and oxygen atoms in total.